The molecule has 6 N–H and O–H groups in total. The van der Waals surface area contributed by atoms with Crippen molar-refractivity contribution in [1.82, 2.24) is 20.4 Å². The third-order valence-electron chi connectivity index (χ3n) is 12.9. The largest absolute Gasteiger partial charge is 0.504 e. The summed E-state index contributed by atoms with van der Waals surface area (Å²) in [5, 5.41) is 29.4. The van der Waals surface area contributed by atoms with Gasteiger partial charge in [-0.2, -0.15) is 0 Å². The molecule has 11 nitrogen and oxygen atoms in total. The lowest BCUT2D eigenvalue weighted by Gasteiger charge is -2.54. The van der Waals surface area contributed by atoms with Crippen molar-refractivity contribution in [1.29, 1.82) is 0 Å². The number of ether oxygens (including phenoxy) is 2. The molecule has 2 aliphatic carbocycles. The number of guanidine groups is 1. The molecule has 5 aliphatic heterocycles. The van der Waals surface area contributed by atoms with Crippen LogP contribution in [0.2, 0.25) is 0 Å². The number of rotatable bonds is 5. The van der Waals surface area contributed by atoms with Crippen molar-refractivity contribution in [2.75, 3.05) is 52.4 Å². The SMILES string of the molecule is CC(=O)OC1CC(O)CCC2(C#CCC1Cc1ccc(O)c(OC3CCNCC3)c1)CCN1CC3CC(C1)CN(C3)C1(CCCCC1)NC(N)=NC2. The molecule has 6 atom stereocenters. The monoisotopic (exact) mass is 718 g/mol. The van der Waals surface area contributed by atoms with Gasteiger partial charge in [0.2, 0.25) is 0 Å². The van der Waals surface area contributed by atoms with Gasteiger partial charge >= 0.3 is 5.97 Å². The van der Waals surface area contributed by atoms with Crippen molar-refractivity contribution < 1.29 is 24.5 Å². The molecule has 11 heteroatoms. The first-order valence-corrected chi connectivity index (χ1v) is 20.3. The number of phenolic OH excluding ortho intramolecular Hbond substituents is 1. The molecule has 1 aromatic rings. The summed E-state index contributed by atoms with van der Waals surface area (Å²) in [7, 11) is 0. The predicted molar refractivity (Wildman–Crippen MR) is 202 cm³/mol. The Morgan fingerprint density at radius 1 is 1.04 bits per heavy atom. The zero-order chi connectivity index (χ0) is 36.1. The number of piperidine rings is 3. The van der Waals surface area contributed by atoms with E-state index in [1.54, 1.807) is 6.07 Å². The smallest absolute Gasteiger partial charge is 0.302 e. The van der Waals surface area contributed by atoms with Crippen LogP contribution in [0.4, 0.5) is 0 Å². The number of nitrogens with zero attached hydrogens (tertiary/aromatic N) is 3. The highest BCUT2D eigenvalue weighted by molar-refractivity contribution is 5.78. The molecular formula is C41H62N6O5. The van der Waals surface area contributed by atoms with Gasteiger partial charge in [-0.15, -0.1) is 5.92 Å². The van der Waals surface area contributed by atoms with Gasteiger partial charge in [-0.05, 0) is 120 Å². The van der Waals surface area contributed by atoms with Crippen LogP contribution < -0.4 is 21.1 Å². The number of phenols is 1. The molecule has 8 rings (SSSR count). The second kappa shape index (κ2) is 16.5. The molecule has 4 bridgehead atoms. The molecule has 3 saturated heterocycles. The fourth-order valence-corrected chi connectivity index (χ4v) is 10.2. The highest BCUT2D eigenvalue weighted by atomic mass is 16.5. The minimum atomic E-state index is -0.656. The van der Waals surface area contributed by atoms with E-state index in [0.29, 0.717) is 62.2 Å². The molecule has 2 spiro atoms. The van der Waals surface area contributed by atoms with E-state index >= 15 is 0 Å². The van der Waals surface area contributed by atoms with Gasteiger partial charge in [0.15, 0.2) is 17.5 Å². The molecule has 1 aromatic carbocycles. The van der Waals surface area contributed by atoms with Crippen molar-refractivity contribution in [3.8, 4) is 23.3 Å². The standard InChI is InChI=1S/C41H62N6O5/c1-29(48)51-37-23-34(49)9-15-40(12-5-6-33(37)21-30-7-8-36(50)38(22-30)52-35-10-17-43-18-11-35)16-19-46-24-31-20-32(25-46)27-47(26-31)41(13-3-2-4-14-41)45-39(42)44-28-40/h7-8,22,31-35,37,43,49-50H,2-4,6,9-11,13-21,23-28H2,1H3,(H3,42,44,45). The van der Waals surface area contributed by atoms with E-state index < -0.39 is 17.6 Å². The first-order chi connectivity index (χ1) is 25.2. The Balaban J connectivity index is 1.16. The van der Waals surface area contributed by atoms with Crippen molar-refractivity contribution in [2.24, 2.45) is 33.9 Å². The van der Waals surface area contributed by atoms with Crippen molar-refractivity contribution in [3.63, 3.8) is 0 Å². The summed E-state index contributed by atoms with van der Waals surface area (Å²) in [6.07, 6.45) is 11.4. The lowest BCUT2D eigenvalue weighted by atomic mass is 9.76. The third kappa shape index (κ3) is 9.18. The molecule has 5 heterocycles. The van der Waals surface area contributed by atoms with E-state index in [1.807, 2.05) is 12.1 Å². The van der Waals surface area contributed by atoms with Crippen molar-refractivity contribution in [2.45, 2.75) is 121 Å². The van der Waals surface area contributed by atoms with Crippen molar-refractivity contribution in [3.05, 3.63) is 23.8 Å². The van der Waals surface area contributed by atoms with Gasteiger partial charge in [0.1, 0.15) is 12.2 Å². The van der Waals surface area contributed by atoms with Gasteiger partial charge in [0.25, 0.3) is 0 Å². The van der Waals surface area contributed by atoms with Crippen LogP contribution >= 0.6 is 0 Å². The molecule has 0 aromatic heterocycles. The molecule has 7 aliphatic rings. The van der Waals surface area contributed by atoms with Crippen LogP contribution in [-0.2, 0) is 16.0 Å². The Morgan fingerprint density at radius 3 is 2.56 bits per heavy atom. The maximum atomic E-state index is 12.4. The fourth-order valence-electron chi connectivity index (χ4n) is 10.2. The quantitative estimate of drug-likeness (QED) is 0.226. The second-order valence-corrected chi connectivity index (χ2v) is 17.0. The third-order valence-corrected chi connectivity index (χ3v) is 12.9. The number of aliphatic hydroxyl groups excluding tert-OH is 1. The van der Waals surface area contributed by atoms with E-state index in [4.69, 9.17) is 20.2 Å². The zero-order valence-electron chi connectivity index (χ0n) is 31.3. The maximum Gasteiger partial charge on any atom is 0.302 e. The van der Waals surface area contributed by atoms with Gasteiger partial charge in [-0.1, -0.05) is 18.4 Å². The number of fused-ring (bicyclic) bond motifs is 3. The number of aliphatic imine (C=N–C) groups is 1. The number of carbonyl (C=O) groups is 1. The van der Waals surface area contributed by atoms with E-state index in [9.17, 15) is 15.0 Å². The summed E-state index contributed by atoms with van der Waals surface area (Å²) in [6.45, 7) is 9.13. The van der Waals surface area contributed by atoms with Gasteiger partial charge in [-0.3, -0.25) is 14.7 Å². The minimum absolute atomic E-state index is 0.0523. The van der Waals surface area contributed by atoms with Gasteiger partial charge in [-0.25, -0.2) is 0 Å². The normalized spacial score (nSPS) is 35.5. The Labute approximate surface area is 310 Å². The number of esters is 1. The first kappa shape index (κ1) is 37.3. The number of aromatic hydroxyl groups is 1. The van der Waals surface area contributed by atoms with Gasteiger partial charge < -0.3 is 41.0 Å². The summed E-state index contributed by atoms with van der Waals surface area (Å²) < 4.78 is 12.2. The van der Waals surface area contributed by atoms with Crippen LogP contribution in [0, 0.1) is 35.0 Å². The van der Waals surface area contributed by atoms with E-state index in [1.165, 1.54) is 32.6 Å². The zero-order valence-corrected chi connectivity index (χ0v) is 31.3. The number of benzene rings is 1. The number of nitrogens with two attached hydrogens (primary N) is 1. The summed E-state index contributed by atoms with van der Waals surface area (Å²) in [6, 6.07) is 5.51. The molecule has 6 unspecified atom stereocenters. The average molecular weight is 719 g/mol. The fraction of sp³-hybridized carbons (Fsp3) is 0.756. The molecule has 0 radical (unpaired) electrons. The lowest BCUT2D eigenvalue weighted by molar-refractivity contribution is -0.151. The van der Waals surface area contributed by atoms with Gasteiger partial charge in [0, 0.05) is 51.9 Å². The minimum Gasteiger partial charge on any atom is -0.504 e. The Morgan fingerprint density at radius 2 is 1.81 bits per heavy atom. The van der Waals surface area contributed by atoms with Crippen LogP contribution in [0.25, 0.3) is 0 Å². The second-order valence-electron chi connectivity index (χ2n) is 17.0. The Hall–Kier alpha value is -3.04. The van der Waals surface area contributed by atoms with Crippen LogP contribution in [-0.4, -0.2) is 108 Å². The van der Waals surface area contributed by atoms with Crippen LogP contribution in [0.15, 0.2) is 23.2 Å². The lowest BCUT2D eigenvalue weighted by Crippen LogP contribution is -2.67. The van der Waals surface area contributed by atoms with E-state index in [0.717, 1.165) is 83.5 Å². The Bertz CT molecular complexity index is 1470. The van der Waals surface area contributed by atoms with Crippen LogP contribution in [0.5, 0.6) is 11.5 Å². The average Bonchev–Trinajstić information content (AvgIpc) is 3.13. The summed E-state index contributed by atoms with van der Waals surface area (Å²) in [5.74, 6) is 9.26. The molecule has 0 amide bonds. The molecule has 1 saturated carbocycles. The van der Waals surface area contributed by atoms with E-state index in [2.05, 4.69) is 32.3 Å². The van der Waals surface area contributed by atoms with Gasteiger partial charge in [0.05, 0.1) is 23.7 Å². The molecule has 286 valence electrons. The Kier molecular flexibility index (Phi) is 11.9. The van der Waals surface area contributed by atoms with Crippen molar-refractivity contribution >= 4 is 11.9 Å². The highest BCUT2D eigenvalue weighted by Crippen LogP contribution is 2.40. The molecule has 4 fully saturated rings. The highest BCUT2D eigenvalue weighted by Gasteiger charge is 2.45. The maximum absolute atomic E-state index is 12.4. The number of nitrogens with one attached hydrogen (secondary N) is 2. The van der Waals surface area contributed by atoms with Crippen LogP contribution in [0.3, 0.4) is 0 Å². The molecular weight excluding hydrogens is 656 g/mol. The first-order valence-electron chi connectivity index (χ1n) is 20.3. The summed E-state index contributed by atoms with van der Waals surface area (Å²) in [5.41, 5.74) is 7.20. The number of carbonyl (C=O) groups excluding carboxylic acids is 1. The predicted octanol–water partition coefficient (Wildman–Crippen LogP) is 3.76. The number of hydrogen-bond donors (Lipinski definition) is 5. The summed E-state index contributed by atoms with van der Waals surface area (Å²) in [4.78, 5) is 22.8. The molecule has 52 heavy (non-hydrogen) atoms. The van der Waals surface area contributed by atoms with E-state index in [-0.39, 0.29) is 29.4 Å². The number of aliphatic hydroxyl groups is 1. The number of hydrogen-bond acceptors (Lipinski definition) is 11. The topological polar surface area (TPSA) is 145 Å². The summed E-state index contributed by atoms with van der Waals surface area (Å²) >= 11 is 0. The van der Waals surface area contributed by atoms with Crippen LogP contribution in [0.1, 0.15) is 96.0 Å².